The molecule has 0 saturated carbocycles. The molecule has 2 aromatic rings. The Hall–Kier alpha value is -2.49. The summed E-state index contributed by atoms with van der Waals surface area (Å²) in [7, 11) is 4.48. The Morgan fingerprint density at radius 3 is 2.61 bits per heavy atom. The van der Waals surface area contributed by atoms with E-state index < -0.39 is 5.97 Å². The molecule has 1 aliphatic heterocycles. The molecular weight excluding hydrogens is 442 g/mol. The summed E-state index contributed by atoms with van der Waals surface area (Å²) in [5.41, 5.74) is 0.695. The SMILES string of the molecule is COC(=O)c1ccc(CN2CCCN(C(=S)Nc3cc(OC)c(Cl)cc3OC)CC2)o1. The van der Waals surface area contributed by atoms with Gasteiger partial charge in [-0.1, -0.05) is 11.6 Å². The Labute approximate surface area is 192 Å². The highest BCUT2D eigenvalue weighted by Gasteiger charge is 2.20. The van der Waals surface area contributed by atoms with Crippen molar-refractivity contribution in [3.8, 4) is 11.5 Å². The predicted molar refractivity (Wildman–Crippen MR) is 122 cm³/mol. The first-order valence-electron chi connectivity index (χ1n) is 9.82. The number of rotatable bonds is 6. The molecule has 1 saturated heterocycles. The van der Waals surface area contributed by atoms with Gasteiger partial charge in [-0.05, 0) is 30.8 Å². The van der Waals surface area contributed by atoms with Crippen LogP contribution >= 0.6 is 23.8 Å². The first kappa shape index (κ1) is 23.2. The zero-order chi connectivity index (χ0) is 22.4. The minimum Gasteiger partial charge on any atom is -0.495 e. The van der Waals surface area contributed by atoms with E-state index in [-0.39, 0.29) is 5.76 Å². The van der Waals surface area contributed by atoms with Crippen LogP contribution in [0.1, 0.15) is 22.7 Å². The van der Waals surface area contributed by atoms with Gasteiger partial charge in [0, 0.05) is 38.3 Å². The van der Waals surface area contributed by atoms with E-state index in [1.807, 2.05) is 0 Å². The van der Waals surface area contributed by atoms with Crippen molar-refractivity contribution >= 4 is 40.6 Å². The summed E-state index contributed by atoms with van der Waals surface area (Å²) >= 11 is 11.8. The standard InChI is InChI=1S/C21H26ClN3O5S/c1-27-18-12-16(19(28-2)11-15(18)22)23-21(31)25-8-4-7-24(9-10-25)13-14-5-6-17(30-14)20(26)29-3/h5-6,11-12H,4,7-10,13H2,1-3H3,(H,23,31). The highest BCUT2D eigenvalue weighted by molar-refractivity contribution is 7.80. The van der Waals surface area contributed by atoms with Crippen molar-refractivity contribution in [1.29, 1.82) is 0 Å². The second-order valence-electron chi connectivity index (χ2n) is 6.99. The van der Waals surface area contributed by atoms with Crippen molar-refractivity contribution in [3.05, 3.63) is 40.8 Å². The molecule has 0 amide bonds. The third-order valence-electron chi connectivity index (χ3n) is 5.02. The lowest BCUT2D eigenvalue weighted by atomic mass is 10.2. The topological polar surface area (TPSA) is 76.4 Å². The molecule has 2 heterocycles. The number of carbonyl (C=O) groups excluding carboxylic acids is 1. The number of ether oxygens (including phenoxy) is 3. The second-order valence-corrected chi connectivity index (χ2v) is 7.79. The van der Waals surface area contributed by atoms with Gasteiger partial charge < -0.3 is 28.8 Å². The summed E-state index contributed by atoms with van der Waals surface area (Å²) in [4.78, 5) is 16.0. The molecule has 1 fully saturated rings. The highest BCUT2D eigenvalue weighted by atomic mass is 35.5. The lowest BCUT2D eigenvalue weighted by Gasteiger charge is -2.25. The van der Waals surface area contributed by atoms with Gasteiger partial charge in [0.1, 0.15) is 17.3 Å². The molecule has 8 nitrogen and oxygen atoms in total. The Kier molecular flexibility index (Phi) is 8.00. The summed E-state index contributed by atoms with van der Waals surface area (Å²) in [6.07, 6.45) is 0.938. The molecule has 168 valence electrons. The zero-order valence-corrected chi connectivity index (χ0v) is 19.3. The number of furan rings is 1. The summed E-state index contributed by atoms with van der Waals surface area (Å²) in [5.74, 6) is 1.60. The molecule has 0 radical (unpaired) electrons. The maximum absolute atomic E-state index is 11.6. The van der Waals surface area contributed by atoms with Crippen molar-refractivity contribution in [2.24, 2.45) is 0 Å². The smallest absolute Gasteiger partial charge is 0.373 e. The number of methoxy groups -OCH3 is 3. The average Bonchev–Trinajstić information content (AvgIpc) is 3.11. The van der Waals surface area contributed by atoms with Gasteiger partial charge in [-0.2, -0.15) is 0 Å². The number of nitrogens with zero attached hydrogens (tertiary/aromatic N) is 2. The average molecular weight is 468 g/mol. The number of hydrogen-bond acceptors (Lipinski definition) is 7. The molecule has 1 aliphatic rings. The first-order valence-corrected chi connectivity index (χ1v) is 10.6. The van der Waals surface area contributed by atoms with E-state index in [4.69, 9.17) is 37.7 Å². The number of hydrogen-bond donors (Lipinski definition) is 1. The molecule has 31 heavy (non-hydrogen) atoms. The van der Waals surface area contributed by atoms with Gasteiger partial charge in [0.2, 0.25) is 5.76 Å². The quantitative estimate of drug-likeness (QED) is 0.506. The van der Waals surface area contributed by atoms with Gasteiger partial charge in [0.25, 0.3) is 0 Å². The lowest BCUT2D eigenvalue weighted by molar-refractivity contribution is 0.0561. The Morgan fingerprint density at radius 1 is 1.13 bits per heavy atom. The number of thiocarbonyl (C=S) groups is 1. The fourth-order valence-electron chi connectivity index (χ4n) is 3.38. The fourth-order valence-corrected chi connectivity index (χ4v) is 3.90. The van der Waals surface area contributed by atoms with E-state index in [1.54, 1.807) is 38.5 Å². The maximum atomic E-state index is 11.6. The van der Waals surface area contributed by atoms with Gasteiger partial charge in [0.05, 0.1) is 38.6 Å². The maximum Gasteiger partial charge on any atom is 0.373 e. The molecule has 0 aliphatic carbocycles. The van der Waals surface area contributed by atoms with E-state index >= 15 is 0 Å². The van der Waals surface area contributed by atoms with Crippen molar-refractivity contribution in [2.45, 2.75) is 13.0 Å². The van der Waals surface area contributed by atoms with E-state index in [9.17, 15) is 4.79 Å². The van der Waals surface area contributed by atoms with E-state index in [0.717, 1.165) is 38.4 Å². The molecule has 1 N–H and O–H groups in total. The Bertz CT molecular complexity index is 936. The van der Waals surface area contributed by atoms with Crippen LogP contribution in [0.2, 0.25) is 5.02 Å². The number of anilines is 1. The minimum atomic E-state index is -0.473. The summed E-state index contributed by atoms with van der Waals surface area (Å²) in [5, 5.41) is 4.33. The van der Waals surface area contributed by atoms with Gasteiger partial charge in [-0.15, -0.1) is 0 Å². The van der Waals surface area contributed by atoms with E-state index in [2.05, 4.69) is 19.9 Å². The largest absolute Gasteiger partial charge is 0.495 e. The molecular formula is C21H26ClN3O5S. The monoisotopic (exact) mass is 467 g/mol. The van der Waals surface area contributed by atoms with Crippen molar-refractivity contribution < 1.29 is 23.4 Å². The second kappa shape index (κ2) is 10.7. The number of esters is 1. The Balaban J connectivity index is 1.60. The zero-order valence-electron chi connectivity index (χ0n) is 17.8. The number of halogens is 1. The van der Waals surface area contributed by atoms with E-state index in [1.165, 1.54) is 7.11 Å². The fraction of sp³-hybridized carbons (Fsp3) is 0.429. The van der Waals surface area contributed by atoms with Crippen molar-refractivity contribution in [3.63, 3.8) is 0 Å². The van der Waals surface area contributed by atoms with Crippen LogP contribution in [0.4, 0.5) is 5.69 Å². The molecule has 10 heteroatoms. The van der Waals surface area contributed by atoms with Crippen LogP contribution in [-0.2, 0) is 11.3 Å². The third kappa shape index (κ3) is 5.81. The molecule has 0 unspecified atom stereocenters. The summed E-state index contributed by atoms with van der Waals surface area (Å²) in [6.45, 7) is 3.89. The number of benzene rings is 1. The molecule has 3 rings (SSSR count). The lowest BCUT2D eigenvalue weighted by Crippen LogP contribution is -2.37. The molecule has 0 bridgehead atoms. The van der Waals surface area contributed by atoms with Gasteiger partial charge >= 0.3 is 5.97 Å². The van der Waals surface area contributed by atoms with Crippen LogP contribution in [-0.4, -0.2) is 68.4 Å². The summed E-state index contributed by atoms with van der Waals surface area (Å²) < 4.78 is 21.0. The molecule has 0 spiro atoms. The van der Waals surface area contributed by atoms with Crippen LogP contribution in [0.5, 0.6) is 11.5 Å². The highest BCUT2D eigenvalue weighted by Crippen LogP contribution is 2.36. The Morgan fingerprint density at radius 2 is 1.90 bits per heavy atom. The third-order valence-corrected chi connectivity index (χ3v) is 5.67. The summed E-state index contributed by atoms with van der Waals surface area (Å²) in [6, 6.07) is 6.91. The van der Waals surface area contributed by atoms with E-state index in [0.29, 0.717) is 33.9 Å². The predicted octanol–water partition coefficient (Wildman–Crippen LogP) is 3.64. The normalized spacial score (nSPS) is 14.6. The van der Waals surface area contributed by atoms with Crippen LogP contribution in [0, 0.1) is 0 Å². The van der Waals surface area contributed by atoms with Crippen LogP contribution in [0.25, 0.3) is 0 Å². The number of nitrogens with one attached hydrogen (secondary N) is 1. The van der Waals surface area contributed by atoms with Gasteiger partial charge in [-0.3, -0.25) is 4.90 Å². The number of carbonyl (C=O) groups is 1. The first-order chi connectivity index (χ1) is 14.9. The van der Waals surface area contributed by atoms with Crippen LogP contribution in [0.3, 0.4) is 0 Å². The van der Waals surface area contributed by atoms with Crippen LogP contribution < -0.4 is 14.8 Å². The van der Waals surface area contributed by atoms with Gasteiger partial charge in [0.15, 0.2) is 5.11 Å². The molecule has 1 aromatic carbocycles. The van der Waals surface area contributed by atoms with Crippen molar-refractivity contribution in [1.82, 2.24) is 9.80 Å². The minimum absolute atomic E-state index is 0.215. The van der Waals surface area contributed by atoms with Gasteiger partial charge in [-0.25, -0.2) is 4.79 Å². The molecule has 1 aromatic heterocycles. The van der Waals surface area contributed by atoms with Crippen molar-refractivity contribution in [2.75, 3.05) is 52.8 Å². The molecule has 0 atom stereocenters. The van der Waals surface area contributed by atoms with Crippen LogP contribution in [0.15, 0.2) is 28.7 Å².